The Kier molecular flexibility index (Phi) is 9.81. The minimum Gasteiger partial charge on any atom is -0.376 e. The highest BCUT2D eigenvalue weighted by Gasteiger charge is 2.53. The van der Waals surface area contributed by atoms with E-state index in [1.807, 2.05) is 20.8 Å². The summed E-state index contributed by atoms with van der Waals surface area (Å²) in [5.41, 5.74) is 0. The van der Waals surface area contributed by atoms with Gasteiger partial charge in [-0.2, -0.15) is 0 Å². The molecule has 0 radical (unpaired) electrons. The van der Waals surface area contributed by atoms with Gasteiger partial charge < -0.3 is 22.4 Å². The third-order valence-corrected chi connectivity index (χ3v) is 17.9. The standard InChI is InChI=1S/C12H30O5P2Si/c1-7-10-19(14,11-8-2)18(13)12(9-3)20(15-4,16-5)17-6/h12,18H,7-11H2,1-6H3. The van der Waals surface area contributed by atoms with Gasteiger partial charge in [-0.1, -0.05) is 20.8 Å². The van der Waals surface area contributed by atoms with E-state index in [1.54, 1.807) is 0 Å². The summed E-state index contributed by atoms with van der Waals surface area (Å²) in [4.78, 5) is 0. The second-order valence-electron chi connectivity index (χ2n) is 4.85. The lowest BCUT2D eigenvalue weighted by Gasteiger charge is -2.33. The Bertz CT molecular complexity index is 328. The van der Waals surface area contributed by atoms with Gasteiger partial charge in [0.05, 0.1) is 5.28 Å². The molecule has 0 rings (SSSR count). The van der Waals surface area contributed by atoms with E-state index < -0.39 is 23.1 Å². The lowest BCUT2D eigenvalue weighted by atomic mass is 10.6. The van der Waals surface area contributed by atoms with E-state index in [4.69, 9.17) is 13.3 Å². The Hall–Kier alpha value is 0.557. The van der Waals surface area contributed by atoms with E-state index >= 15 is 0 Å². The number of hydrogen-bond donors (Lipinski definition) is 0. The van der Waals surface area contributed by atoms with Gasteiger partial charge in [0.15, 0.2) is 0 Å². The Morgan fingerprint density at radius 3 is 1.65 bits per heavy atom. The highest BCUT2D eigenvalue weighted by atomic mass is 32.1. The average molecular weight is 344 g/mol. The van der Waals surface area contributed by atoms with Crippen LogP contribution in [0.4, 0.5) is 0 Å². The van der Waals surface area contributed by atoms with Crippen LogP contribution in [-0.4, -0.2) is 47.7 Å². The molecule has 0 saturated heterocycles. The molecule has 8 heteroatoms. The van der Waals surface area contributed by atoms with Gasteiger partial charge in [0.1, 0.15) is 14.3 Å². The molecule has 2 unspecified atom stereocenters. The van der Waals surface area contributed by atoms with Crippen molar-refractivity contribution in [3.8, 4) is 0 Å². The molecular weight excluding hydrogens is 314 g/mol. The van der Waals surface area contributed by atoms with Gasteiger partial charge in [-0.15, -0.1) is 0 Å². The molecule has 0 aliphatic heterocycles. The molecule has 0 amide bonds. The van der Waals surface area contributed by atoms with Gasteiger partial charge in [0.2, 0.25) is 0 Å². The molecule has 0 fully saturated rings. The first-order chi connectivity index (χ1) is 9.41. The smallest absolute Gasteiger partial charge is 0.376 e. The maximum atomic E-state index is 13.1. The normalized spacial score (nSPS) is 16.1. The molecule has 0 aliphatic rings. The van der Waals surface area contributed by atoms with Crippen LogP contribution in [0, 0.1) is 0 Å². The van der Waals surface area contributed by atoms with Crippen LogP contribution in [0.5, 0.6) is 0 Å². The zero-order chi connectivity index (χ0) is 15.8. The monoisotopic (exact) mass is 344 g/mol. The first-order valence-corrected chi connectivity index (χ1v) is 13.4. The van der Waals surface area contributed by atoms with Crippen molar-refractivity contribution >= 4 is 23.1 Å². The number of hydrogen-bond acceptors (Lipinski definition) is 5. The van der Waals surface area contributed by atoms with Crippen molar-refractivity contribution in [2.75, 3.05) is 33.7 Å². The molecule has 0 heterocycles. The summed E-state index contributed by atoms with van der Waals surface area (Å²) in [5.74, 6) is 0. The SMILES string of the molecule is CCCP(=O)(CCC)[PH](=O)C(CC)[Si](OC)(OC)OC. The van der Waals surface area contributed by atoms with Crippen LogP contribution in [0.25, 0.3) is 0 Å². The fourth-order valence-corrected chi connectivity index (χ4v) is 18.2. The Morgan fingerprint density at radius 1 is 1.00 bits per heavy atom. The molecule has 0 N–H and O–H groups in total. The zero-order valence-corrected chi connectivity index (χ0v) is 16.5. The summed E-state index contributed by atoms with van der Waals surface area (Å²) in [6.07, 6.45) is 3.24. The van der Waals surface area contributed by atoms with Gasteiger partial charge in [-0.25, -0.2) is 0 Å². The van der Waals surface area contributed by atoms with Crippen LogP contribution < -0.4 is 0 Å². The van der Waals surface area contributed by atoms with Gasteiger partial charge in [-0.05, 0) is 19.3 Å². The summed E-state index contributed by atoms with van der Waals surface area (Å²) in [6, 6.07) is 0. The van der Waals surface area contributed by atoms with E-state index in [2.05, 4.69) is 0 Å². The summed E-state index contributed by atoms with van der Waals surface area (Å²) < 4.78 is 42.5. The predicted molar refractivity (Wildman–Crippen MR) is 87.8 cm³/mol. The van der Waals surface area contributed by atoms with Gasteiger partial charge in [0.25, 0.3) is 0 Å². The topological polar surface area (TPSA) is 61.8 Å². The molecule has 0 aliphatic carbocycles. The molecular formula is C12H30O5P2Si. The molecule has 0 aromatic rings. The van der Waals surface area contributed by atoms with Crippen LogP contribution in [0.1, 0.15) is 40.0 Å². The molecule has 5 nitrogen and oxygen atoms in total. The highest BCUT2D eigenvalue weighted by Crippen LogP contribution is 2.72. The van der Waals surface area contributed by atoms with Crippen molar-refractivity contribution in [3.63, 3.8) is 0 Å². The Morgan fingerprint density at radius 2 is 1.40 bits per heavy atom. The van der Waals surface area contributed by atoms with Crippen LogP contribution in [0.2, 0.25) is 0 Å². The molecule has 122 valence electrons. The first-order valence-electron chi connectivity index (χ1n) is 7.19. The Labute approximate surface area is 125 Å². The maximum absolute atomic E-state index is 13.1. The minimum atomic E-state index is -3.02. The van der Waals surface area contributed by atoms with Crippen molar-refractivity contribution in [1.29, 1.82) is 0 Å². The lowest BCUT2D eigenvalue weighted by molar-refractivity contribution is 0.120. The quantitative estimate of drug-likeness (QED) is 0.421. The van der Waals surface area contributed by atoms with Crippen LogP contribution >= 0.6 is 14.3 Å². The van der Waals surface area contributed by atoms with E-state index in [0.717, 1.165) is 12.8 Å². The number of rotatable bonds is 11. The maximum Gasteiger partial charge on any atom is 0.511 e. The van der Waals surface area contributed by atoms with Crippen molar-refractivity contribution in [1.82, 2.24) is 0 Å². The summed E-state index contributed by atoms with van der Waals surface area (Å²) >= 11 is 0. The largest absolute Gasteiger partial charge is 0.511 e. The van der Waals surface area contributed by atoms with Crippen LogP contribution in [-0.2, 0) is 22.4 Å². The van der Waals surface area contributed by atoms with Gasteiger partial charge in [0, 0.05) is 33.7 Å². The van der Waals surface area contributed by atoms with Gasteiger partial charge >= 0.3 is 8.80 Å². The molecule has 0 spiro atoms. The molecule has 0 bridgehead atoms. The summed E-state index contributed by atoms with van der Waals surface area (Å²) in [5, 5.41) is -0.364. The molecule has 2 atom stereocenters. The third-order valence-electron chi connectivity index (χ3n) is 3.56. The van der Waals surface area contributed by atoms with Crippen LogP contribution in [0.15, 0.2) is 0 Å². The third kappa shape index (κ3) is 4.52. The lowest BCUT2D eigenvalue weighted by Crippen LogP contribution is -2.52. The van der Waals surface area contributed by atoms with Crippen LogP contribution in [0.3, 0.4) is 0 Å². The second-order valence-corrected chi connectivity index (χ2v) is 16.4. The minimum absolute atomic E-state index is 0.364. The van der Waals surface area contributed by atoms with Crippen molar-refractivity contribution in [2.24, 2.45) is 0 Å². The predicted octanol–water partition coefficient (Wildman–Crippen LogP) is 3.84. The first kappa shape index (κ1) is 20.6. The summed E-state index contributed by atoms with van der Waals surface area (Å²) in [7, 11) is -0.812. The van der Waals surface area contributed by atoms with E-state index in [-0.39, 0.29) is 5.28 Å². The summed E-state index contributed by atoms with van der Waals surface area (Å²) in [6.45, 7) is 3.20. The Balaban J connectivity index is 5.51. The van der Waals surface area contributed by atoms with E-state index in [0.29, 0.717) is 18.7 Å². The second kappa shape index (κ2) is 9.55. The van der Waals surface area contributed by atoms with E-state index in [1.165, 1.54) is 21.3 Å². The van der Waals surface area contributed by atoms with Crippen molar-refractivity contribution in [3.05, 3.63) is 0 Å². The molecule has 0 aromatic carbocycles. The molecule has 0 aromatic heterocycles. The fraction of sp³-hybridized carbons (Fsp3) is 1.00. The van der Waals surface area contributed by atoms with Crippen molar-refractivity contribution < 1.29 is 22.4 Å². The average Bonchev–Trinajstić information content (AvgIpc) is 2.45. The highest BCUT2D eigenvalue weighted by molar-refractivity contribution is 8.28. The zero-order valence-electron chi connectivity index (χ0n) is 13.6. The van der Waals surface area contributed by atoms with Crippen molar-refractivity contribution in [2.45, 2.75) is 45.3 Å². The van der Waals surface area contributed by atoms with Gasteiger partial charge in [-0.3, -0.25) is 0 Å². The van der Waals surface area contributed by atoms with E-state index in [9.17, 15) is 9.13 Å². The molecule has 20 heavy (non-hydrogen) atoms. The molecule has 0 saturated carbocycles. The fourth-order valence-electron chi connectivity index (χ4n) is 2.59.